The van der Waals surface area contributed by atoms with Crippen molar-refractivity contribution < 1.29 is 4.74 Å². The summed E-state index contributed by atoms with van der Waals surface area (Å²) >= 11 is 0. The van der Waals surface area contributed by atoms with Gasteiger partial charge in [-0.2, -0.15) is 0 Å². The lowest BCUT2D eigenvalue weighted by Crippen LogP contribution is -2.41. The molecule has 1 aliphatic rings. The zero-order valence-electron chi connectivity index (χ0n) is 9.15. The van der Waals surface area contributed by atoms with E-state index in [9.17, 15) is 0 Å². The van der Waals surface area contributed by atoms with E-state index in [0.717, 1.165) is 31.7 Å². The first-order valence-electron chi connectivity index (χ1n) is 5.53. The van der Waals surface area contributed by atoms with E-state index in [-0.39, 0.29) is 6.10 Å². The lowest BCUT2D eigenvalue weighted by atomic mass is 10.0. The maximum absolute atomic E-state index is 5.88. The summed E-state index contributed by atoms with van der Waals surface area (Å²) in [6.07, 6.45) is 2.40. The van der Waals surface area contributed by atoms with Crippen molar-refractivity contribution in [2.75, 3.05) is 13.1 Å². The number of nitrogens with two attached hydrogens (primary N) is 1. The second-order valence-electron chi connectivity index (χ2n) is 3.97. The highest BCUT2D eigenvalue weighted by Crippen LogP contribution is 2.26. The molecule has 1 aromatic carbocycles. The number of benzene rings is 1. The van der Waals surface area contributed by atoms with Crippen molar-refractivity contribution in [3.05, 3.63) is 29.8 Å². The summed E-state index contributed by atoms with van der Waals surface area (Å²) in [5.41, 5.74) is 1.31. The molecule has 3 heteroatoms. The van der Waals surface area contributed by atoms with Gasteiger partial charge in [-0.15, -0.1) is 0 Å². The predicted molar refractivity (Wildman–Crippen MR) is 60.6 cm³/mol. The quantitative estimate of drug-likeness (QED) is 0.602. The molecule has 0 spiro atoms. The summed E-state index contributed by atoms with van der Waals surface area (Å²) < 4.78 is 5.88. The van der Waals surface area contributed by atoms with Crippen molar-refractivity contribution in [3.63, 3.8) is 0 Å². The Bertz CT molecular complexity index is 327. The average molecular weight is 206 g/mol. The van der Waals surface area contributed by atoms with Crippen molar-refractivity contribution in [2.45, 2.75) is 25.9 Å². The summed E-state index contributed by atoms with van der Waals surface area (Å²) in [7, 11) is 0. The molecule has 2 N–H and O–H groups in total. The third kappa shape index (κ3) is 2.49. The molecule has 1 aromatic rings. The van der Waals surface area contributed by atoms with E-state index in [0.29, 0.717) is 0 Å². The Morgan fingerprint density at radius 2 is 2.27 bits per heavy atom. The molecule has 3 nitrogen and oxygen atoms in total. The van der Waals surface area contributed by atoms with Gasteiger partial charge in [0.1, 0.15) is 11.9 Å². The van der Waals surface area contributed by atoms with Gasteiger partial charge in [0.15, 0.2) is 0 Å². The largest absolute Gasteiger partial charge is 0.489 e. The van der Waals surface area contributed by atoms with Crippen molar-refractivity contribution in [1.82, 2.24) is 5.01 Å². The second kappa shape index (κ2) is 4.64. The SMILES string of the molecule is CCN(N)CC1CCc2ccccc2O1. The van der Waals surface area contributed by atoms with Crippen LogP contribution in [0.5, 0.6) is 5.75 Å². The minimum Gasteiger partial charge on any atom is -0.489 e. The molecule has 0 fully saturated rings. The topological polar surface area (TPSA) is 38.5 Å². The van der Waals surface area contributed by atoms with E-state index in [1.165, 1.54) is 5.56 Å². The molecule has 2 rings (SSSR count). The summed E-state index contributed by atoms with van der Waals surface area (Å²) in [5, 5.41) is 1.80. The number of hydrogen-bond donors (Lipinski definition) is 1. The number of aryl methyl sites for hydroxylation is 1. The summed E-state index contributed by atoms with van der Waals surface area (Å²) in [6, 6.07) is 8.24. The third-order valence-corrected chi connectivity index (χ3v) is 2.85. The molecule has 1 unspecified atom stereocenters. The van der Waals surface area contributed by atoms with Crippen LogP contribution in [0.1, 0.15) is 18.9 Å². The lowest BCUT2D eigenvalue weighted by molar-refractivity contribution is 0.117. The molecule has 0 saturated heterocycles. The molecule has 0 saturated carbocycles. The molecule has 15 heavy (non-hydrogen) atoms. The Balaban J connectivity index is 1.99. The van der Waals surface area contributed by atoms with Gasteiger partial charge in [0.05, 0.1) is 0 Å². The maximum atomic E-state index is 5.88. The van der Waals surface area contributed by atoms with E-state index in [2.05, 4.69) is 19.1 Å². The fourth-order valence-electron chi connectivity index (χ4n) is 1.90. The van der Waals surface area contributed by atoms with Gasteiger partial charge in [0.2, 0.25) is 0 Å². The van der Waals surface area contributed by atoms with Gasteiger partial charge in [-0.25, -0.2) is 5.01 Å². The van der Waals surface area contributed by atoms with Crippen molar-refractivity contribution in [1.29, 1.82) is 0 Å². The minimum atomic E-state index is 0.241. The highest BCUT2D eigenvalue weighted by molar-refractivity contribution is 5.35. The van der Waals surface area contributed by atoms with E-state index in [1.807, 2.05) is 12.1 Å². The highest BCUT2D eigenvalue weighted by atomic mass is 16.5. The number of likely N-dealkylation sites (N-methyl/N-ethyl adjacent to an activating group) is 1. The maximum Gasteiger partial charge on any atom is 0.122 e. The summed E-state index contributed by atoms with van der Waals surface area (Å²) in [5.74, 6) is 6.80. The van der Waals surface area contributed by atoms with Gasteiger partial charge in [-0.05, 0) is 24.5 Å². The first-order valence-corrected chi connectivity index (χ1v) is 5.53. The van der Waals surface area contributed by atoms with Crippen LogP contribution in [0.2, 0.25) is 0 Å². The molecule has 0 aromatic heterocycles. The van der Waals surface area contributed by atoms with Crippen LogP contribution in [0.15, 0.2) is 24.3 Å². The Labute approximate surface area is 90.8 Å². The van der Waals surface area contributed by atoms with Crippen molar-refractivity contribution in [2.24, 2.45) is 5.84 Å². The highest BCUT2D eigenvalue weighted by Gasteiger charge is 2.20. The Morgan fingerprint density at radius 3 is 3.07 bits per heavy atom. The fraction of sp³-hybridized carbons (Fsp3) is 0.500. The summed E-state index contributed by atoms with van der Waals surface area (Å²) in [4.78, 5) is 0. The Hall–Kier alpha value is -1.06. The second-order valence-corrected chi connectivity index (χ2v) is 3.97. The normalized spacial score (nSPS) is 19.8. The predicted octanol–water partition coefficient (Wildman–Crippen LogP) is 1.58. The zero-order chi connectivity index (χ0) is 10.7. The van der Waals surface area contributed by atoms with E-state index >= 15 is 0 Å². The number of hydrazine groups is 1. The van der Waals surface area contributed by atoms with Gasteiger partial charge in [-0.3, -0.25) is 5.84 Å². The molecular formula is C12H18N2O. The van der Waals surface area contributed by atoms with Crippen LogP contribution in [-0.4, -0.2) is 24.2 Å². The molecule has 0 radical (unpaired) electrons. The molecule has 1 aliphatic heterocycles. The first kappa shape index (κ1) is 10.5. The van der Waals surface area contributed by atoms with Crippen LogP contribution < -0.4 is 10.6 Å². The van der Waals surface area contributed by atoms with Crippen LogP contribution in [0.25, 0.3) is 0 Å². The number of ether oxygens (including phenoxy) is 1. The number of rotatable bonds is 3. The van der Waals surface area contributed by atoms with Gasteiger partial charge in [0, 0.05) is 13.1 Å². The van der Waals surface area contributed by atoms with Gasteiger partial charge >= 0.3 is 0 Å². The lowest BCUT2D eigenvalue weighted by Gasteiger charge is -2.28. The monoisotopic (exact) mass is 206 g/mol. The van der Waals surface area contributed by atoms with E-state index in [4.69, 9.17) is 10.6 Å². The van der Waals surface area contributed by atoms with Crippen LogP contribution >= 0.6 is 0 Å². The number of fused-ring (bicyclic) bond motifs is 1. The fourth-order valence-corrected chi connectivity index (χ4v) is 1.90. The first-order chi connectivity index (χ1) is 7.29. The van der Waals surface area contributed by atoms with Crippen LogP contribution in [0.4, 0.5) is 0 Å². The number of nitrogens with zero attached hydrogens (tertiary/aromatic N) is 1. The van der Waals surface area contributed by atoms with Gasteiger partial charge < -0.3 is 4.74 Å². The third-order valence-electron chi connectivity index (χ3n) is 2.85. The molecule has 1 heterocycles. The molecule has 0 amide bonds. The number of para-hydroxylation sites is 1. The molecule has 82 valence electrons. The van der Waals surface area contributed by atoms with E-state index in [1.54, 1.807) is 5.01 Å². The Kier molecular flexibility index (Phi) is 3.23. The zero-order valence-corrected chi connectivity index (χ0v) is 9.15. The minimum absolute atomic E-state index is 0.241. The summed E-state index contributed by atoms with van der Waals surface area (Å²) in [6.45, 7) is 3.73. The van der Waals surface area contributed by atoms with Crippen LogP contribution in [0.3, 0.4) is 0 Å². The average Bonchev–Trinajstić information content (AvgIpc) is 2.29. The molecule has 0 bridgehead atoms. The van der Waals surface area contributed by atoms with Gasteiger partial charge in [-0.1, -0.05) is 25.1 Å². The smallest absolute Gasteiger partial charge is 0.122 e. The van der Waals surface area contributed by atoms with Crippen LogP contribution in [0, 0.1) is 0 Å². The van der Waals surface area contributed by atoms with Crippen LogP contribution in [-0.2, 0) is 6.42 Å². The molecular weight excluding hydrogens is 188 g/mol. The molecule has 1 atom stereocenters. The standard InChI is InChI=1S/C12H18N2O/c1-2-14(13)9-11-8-7-10-5-3-4-6-12(10)15-11/h3-6,11H,2,7-9,13H2,1H3. The Morgan fingerprint density at radius 1 is 1.47 bits per heavy atom. The van der Waals surface area contributed by atoms with Crippen molar-refractivity contribution >= 4 is 0 Å². The van der Waals surface area contributed by atoms with Gasteiger partial charge in [0.25, 0.3) is 0 Å². The van der Waals surface area contributed by atoms with E-state index < -0.39 is 0 Å². The van der Waals surface area contributed by atoms with Crippen molar-refractivity contribution in [3.8, 4) is 5.75 Å². The number of hydrogen-bond acceptors (Lipinski definition) is 3. The molecule has 0 aliphatic carbocycles.